The minimum Gasteiger partial charge on any atom is -0.326 e. The largest absolute Gasteiger partial charge is 0.326 e. The van der Waals surface area contributed by atoms with E-state index in [0.29, 0.717) is 6.54 Å². The first kappa shape index (κ1) is 14.6. The summed E-state index contributed by atoms with van der Waals surface area (Å²) in [5.74, 6) is 1.24. The van der Waals surface area contributed by atoms with Crippen LogP contribution in [0, 0.1) is 0 Å². The van der Waals surface area contributed by atoms with Crippen LogP contribution in [0.25, 0.3) is 0 Å². The fraction of sp³-hybridized carbons (Fsp3) is 0.600. The predicted molar refractivity (Wildman–Crippen MR) is 78.4 cm³/mol. The van der Waals surface area contributed by atoms with Crippen molar-refractivity contribution >= 4 is 11.8 Å². The molecule has 0 aromatic heterocycles. The fourth-order valence-electron chi connectivity index (χ4n) is 1.83. The van der Waals surface area contributed by atoms with Crippen LogP contribution in [0.15, 0.2) is 29.2 Å². The van der Waals surface area contributed by atoms with Crippen LogP contribution in [0.3, 0.4) is 0 Å². The molecule has 0 spiro atoms. The van der Waals surface area contributed by atoms with Crippen LogP contribution in [0.4, 0.5) is 0 Å². The van der Waals surface area contributed by atoms with Gasteiger partial charge in [-0.3, -0.25) is 0 Å². The lowest BCUT2D eigenvalue weighted by Crippen LogP contribution is -1.95. The highest BCUT2D eigenvalue weighted by Crippen LogP contribution is 2.21. The van der Waals surface area contributed by atoms with Gasteiger partial charge in [0.1, 0.15) is 0 Å². The standard InChI is InChI=1S/C15H25NS/c1-2-3-4-5-6-7-11-17-15-10-8-9-14(12-15)13-16/h8-10,12H,2-7,11,13,16H2,1H3. The Hall–Kier alpha value is -0.470. The van der Waals surface area contributed by atoms with Crippen LogP contribution in [-0.2, 0) is 6.54 Å². The van der Waals surface area contributed by atoms with Gasteiger partial charge in [-0.15, -0.1) is 11.8 Å². The van der Waals surface area contributed by atoms with E-state index >= 15 is 0 Å². The number of hydrogen-bond acceptors (Lipinski definition) is 2. The van der Waals surface area contributed by atoms with Crippen molar-refractivity contribution in [2.24, 2.45) is 5.73 Å². The molecular formula is C15H25NS. The summed E-state index contributed by atoms with van der Waals surface area (Å²) in [5, 5.41) is 0. The Labute approximate surface area is 110 Å². The molecule has 0 atom stereocenters. The van der Waals surface area contributed by atoms with Crippen LogP contribution < -0.4 is 5.73 Å². The van der Waals surface area contributed by atoms with Gasteiger partial charge in [0.2, 0.25) is 0 Å². The molecule has 0 saturated carbocycles. The van der Waals surface area contributed by atoms with Gasteiger partial charge in [0.05, 0.1) is 0 Å². The smallest absolute Gasteiger partial charge is 0.0178 e. The van der Waals surface area contributed by atoms with Crippen LogP contribution >= 0.6 is 11.8 Å². The summed E-state index contributed by atoms with van der Waals surface area (Å²) in [5.41, 5.74) is 6.87. The molecule has 0 unspecified atom stereocenters. The Morgan fingerprint density at radius 1 is 1.06 bits per heavy atom. The quantitative estimate of drug-likeness (QED) is 0.513. The topological polar surface area (TPSA) is 26.0 Å². The highest BCUT2D eigenvalue weighted by atomic mass is 32.2. The molecular weight excluding hydrogens is 226 g/mol. The first-order valence-corrected chi connectivity index (χ1v) is 7.77. The normalized spacial score (nSPS) is 10.7. The van der Waals surface area contributed by atoms with Gasteiger partial charge in [0.15, 0.2) is 0 Å². The van der Waals surface area contributed by atoms with Crippen molar-refractivity contribution in [1.29, 1.82) is 0 Å². The van der Waals surface area contributed by atoms with E-state index in [-0.39, 0.29) is 0 Å². The molecule has 0 radical (unpaired) electrons. The number of benzene rings is 1. The van der Waals surface area contributed by atoms with Crippen LogP contribution in [0.5, 0.6) is 0 Å². The van der Waals surface area contributed by atoms with Crippen molar-refractivity contribution in [2.75, 3.05) is 5.75 Å². The van der Waals surface area contributed by atoms with Crippen LogP contribution in [0.2, 0.25) is 0 Å². The minimum atomic E-state index is 0.644. The second-order valence-corrected chi connectivity index (χ2v) is 5.64. The Morgan fingerprint density at radius 3 is 2.59 bits per heavy atom. The SMILES string of the molecule is CCCCCCCCSc1cccc(CN)c1. The molecule has 0 amide bonds. The van der Waals surface area contributed by atoms with E-state index in [1.807, 2.05) is 11.8 Å². The van der Waals surface area contributed by atoms with Gasteiger partial charge in [0, 0.05) is 11.4 Å². The van der Waals surface area contributed by atoms with Gasteiger partial charge in [-0.25, -0.2) is 0 Å². The van der Waals surface area contributed by atoms with Crippen molar-refractivity contribution in [3.8, 4) is 0 Å². The third-order valence-electron chi connectivity index (χ3n) is 2.90. The number of unbranched alkanes of at least 4 members (excludes halogenated alkanes) is 5. The Balaban J connectivity index is 2.09. The van der Waals surface area contributed by atoms with Crippen molar-refractivity contribution in [3.05, 3.63) is 29.8 Å². The third kappa shape index (κ3) is 6.75. The zero-order valence-corrected chi connectivity index (χ0v) is 11.8. The molecule has 0 aliphatic rings. The summed E-state index contributed by atoms with van der Waals surface area (Å²) in [4.78, 5) is 1.36. The summed E-state index contributed by atoms with van der Waals surface area (Å²) in [6.07, 6.45) is 8.25. The second-order valence-electron chi connectivity index (χ2n) is 4.47. The first-order valence-electron chi connectivity index (χ1n) is 6.78. The molecule has 96 valence electrons. The lowest BCUT2D eigenvalue weighted by atomic mass is 10.1. The Kier molecular flexibility index (Phi) is 8.20. The molecule has 1 nitrogen and oxygen atoms in total. The Bertz CT molecular complexity index is 299. The van der Waals surface area contributed by atoms with Gasteiger partial charge in [-0.2, -0.15) is 0 Å². The maximum Gasteiger partial charge on any atom is 0.0178 e. The van der Waals surface area contributed by atoms with Crippen molar-refractivity contribution in [1.82, 2.24) is 0 Å². The predicted octanol–water partition coefficient (Wildman–Crippen LogP) is 4.60. The molecule has 1 rings (SSSR count). The molecule has 2 N–H and O–H groups in total. The first-order chi connectivity index (χ1) is 8.36. The summed E-state index contributed by atoms with van der Waals surface area (Å²) < 4.78 is 0. The van der Waals surface area contributed by atoms with E-state index < -0.39 is 0 Å². The number of rotatable bonds is 9. The van der Waals surface area contributed by atoms with E-state index in [1.165, 1.54) is 54.7 Å². The molecule has 0 bridgehead atoms. The number of nitrogens with two attached hydrogens (primary N) is 1. The van der Waals surface area contributed by atoms with Crippen LogP contribution in [-0.4, -0.2) is 5.75 Å². The highest BCUT2D eigenvalue weighted by Gasteiger charge is 1.96. The molecule has 0 saturated heterocycles. The average Bonchev–Trinajstić information content (AvgIpc) is 2.38. The summed E-state index contributed by atoms with van der Waals surface area (Å²) in [6, 6.07) is 8.59. The molecule has 1 aromatic carbocycles. The number of thioether (sulfide) groups is 1. The third-order valence-corrected chi connectivity index (χ3v) is 3.98. The summed E-state index contributed by atoms with van der Waals surface area (Å²) >= 11 is 1.96. The van der Waals surface area contributed by atoms with Gasteiger partial charge in [-0.05, 0) is 29.9 Å². The minimum absolute atomic E-state index is 0.644. The molecule has 17 heavy (non-hydrogen) atoms. The van der Waals surface area contributed by atoms with E-state index in [9.17, 15) is 0 Å². The van der Waals surface area contributed by atoms with Gasteiger partial charge in [0.25, 0.3) is 0 Å². The molecule has 0 fully saturated rings. The molecule has 0 heterocycles. The van der Waals surface area contributed by atoms with Crippen molar-refractivity contribution in [2.45, 2.75) is 56.9 Å². The maximum atomic E-state index is 5.63. The summed E-state index contributed by atoms with van der Waals surface area (Å²) in [6.45, 7) is 2.91. The van der Waals surface area contributed by atoms with E-state index in [1.54, 1.807) is 0 Å². The van der Waals surface area contributed by atoms with E-state index in [4.69, 9.17) is 5.73 Å². The van der Waals surface area contributed by atoms with Gasteiger partial charge in [-0.1, -0.05) is 51.2 Å². The summed E-state index contributed by atoms with van der Waals surface area (Å²) in [7, 11) is 0. The lowest BCUT2D eigenvalue weighted by molar-refractivity contribution is 0.627. The monoisotopic (exact) mass is 251 g/mol. The second kappa shape index (κ2) is 9.55. The number of hydrogen-bond donors (Lipinski definition) is 1. The molecule has 0 aliphatic heterocycles. The van der Waals surface area contributed by atoms with Gasteiger partial charge < -0.3 is 5.73 Å². The Morgan fingerprint density at radius 2 is 1.82 bits per heavy atom. The molecule has 2 heteroatoms. The molecule has 0 aliphatic carbocycles. The maximum absolute atomic E-state index is 5.63. The average molecular weight is 251 g/mol. The zero-order valence-electron chi connectivity index (χ0n) is 11.0. The fourth-order valence-corrected chi connectivity index (χ4v) is 2.83. The van der Waals surface area contributed by atoms with E-state index in [0.717, 1.165) is 0 Å². The van der Waals surface area contributed by atoms with Crippen LogP contribution in [0.1, 0.15) is 51.0 Å². The zero-order chi connectivity index (χ0) is 12.3. The highest BCUT2D eigenvalue weighted by molar-refractivity contribution is 7.99. The molecule has 1 aromatic rings. The van der Waals surface area contributed by atoms with E-state index in [2.05, 4.69) is 31.2 Å². The van der Waals surface area contributed by atoms with Crippen molar-refractivity contribution < 1.29 is 0 Å². The van der Waals surface area contributed by atoms with Gasteiger partial charge >= 0.3 is 0 Å². The van der Waals surface area contributed by atoms with Crippen molar-refractivity contribution in [3.63, 3.8) is 0 Å². The lowest BCUT2D eigenvalue weighted by Gasteiger charge is -2.04.